The fraction of sp³-hybridized carbons (Fsp3) is 0.412. The van der Waals surface area contributed by atoms with Gasteiger partial charge in [0.05, 0.1) is 13.2 Å². The summed E-state index contributed by atoms with van der Waals surface area (Å²) in [6, 6.07) is 7.75. The molecule has 3 heteroatoms. The Bertz CT molecular complexity index is 553. The van der Waals surface area contributed by atoms with Crippen LogP contribution in [0.3, 0.4) is 0 Å². The molecular weight excluding hydrogens is 250 g/mol. The molecule has 0 aliphatic carbocycles. The van der Waals surface area contributed by atoms with Crippen molar-refractivity contribution in [2.45, 2.75) is 33.6 Å². The lowest BCUT2D eigenvalue weighted by Crippen LogP contribution is -2.04. The second-order valence-electron chi connectivity index (χ2n) is 5.28. The van der Waals surface area contributed by atoms with Crippen molar-refractivity contribution in [2.24, 2.45) is 4.99 Å². The minimum absolute atomic E-state index is 0.178. The van der Waals surface area contributed by atoms with Gasteiger partial charge in [-0.3, -0.25) is 9.79 Å². The van der Waals surface area contributed by atoms with Crippen molar-refractivity contribution in [1.82, 2.24) is 0 Å². The fourth-order valence-electron chi connectivity index (χ4n) is 2.39. The Kier molecular flexibility index (Phi) is 4.72. The Morgan fingerprint density at radius 3 is 2.50 bits per heavy atom. The summed E-state index contributed by atoms with van der Waals surface area (Å²) in [5.74, 6) is 1.03. The Balaban J connectivity index is 1.84. The highest BCUT2D eigenvalue weighted by Crippen LogP contribution is 2.19. The molecule has 0 saturated heterocycles. The van der Waals surface area contributed by atoms with Gasteiger partial charge in [0, 0.05) is 18.6 Å². The van der Waals surface area contributed by atoms with Crippen LogP contribution in [-0.2, 0) is 11.2 Å². The molecule has 0 unspecified atom stereocenters. The monoisotopic (exact) mass is 271 g/mol. The number of benzene rings is 1. The lowest BCUT2D eigenvalue weighted by atomic mass is 10.1. The van der Waals surface area contributed by atoms with E-state index in [0.29, 0.717) is 13.0 Å². The normalized spacial score (nSPS) is 14.4. The molecule has 0 aromatic heterocycles. The molecule has 0 amide bonds. The van der Waals surface area contributed by atoms with E-state index in [1.165, 1.54) is 11.1 Å². The number of aliphatic imine (C=N–C) groups is 1. The minimum atomic E-state index is 0.178. The highest BCUT2D eigenvalue weighted by molar-refractivity contribution is 6.00. The Hall–Kier alpha value is -1.90. The van der Waals surface area contributed by atoms with Crippen LogP contribution in [0.25, 0.3) is 0 Å². The topological polar surface area (TPSA) is 38.7 Å². The fourth-order valence-corrected chi connectivity index (χ4v) is 2.39. The van der Waals surface area contributed by atoms with Gasteiger partial charge in [-0.2, -0.15) is 0 Å². The molecular formula is C17H21NO2. The van der Waals surface area contributed by atoms with Crippen LogP contribution >= 0.6 is 0 Å². The largest absolute Gasteiger partial charge is 0.493 e. The van der Waals surface area contributed by atoms with Gasteiger partial charge in [0.15, 0.2) is 0 Å². The zero-order valence-electron chi connectivity index (χ0n) is 12.4. The standard InChI is InChI=1S/C17H21NO2/c1-12-11-18-14(3)17(12)8-9-20-16-6-4-15(5-7-16)10-13(2)19/h4-7H,8-11H2,1-3H3. The van der Waals surface area contributed by atoms with E-state index in [1.54, 1.807) is 6.92 Å². The van der Waals surface area contributed by atoms with Gasteiger partial charge in [-0.1, -0.05) is 12.1 Å². The molecule has 0 N–H and O–H groups in total. The third-order valence-electron chi connectivity index (χ3n) is 3.50. The third kappa shape index (κ3) is 3.80. The predicted octanol–water partition coefficient (Wildman–Crippen LogP) is 3.38. The van der Waals surface area contributed by atoms with E-state index in [2.05, 4.69) is 18.8 Å². The average molecular weight is 271 g/mol. The van der Waals surface area contributed by atoms with Crippen LogP contribution in [-0.4, -0.2) is 24.6 Å². The number of ketones is 1. The number of rotatable bonds is 6. The smallest absolute Gasteiger partial charge is 0.134 e. The van der Waals surface area contributed by atoms with Crippen molar-refractivity contribution >= 4 is 11.5 Å². The summed E-state index contributed by atoms with van der Waals surface area (Å²) in [5.41, 5.74) is 4.85. The summed E-state index contributed by atoms with van der Waals surface area (Å²) in [6.45, 7) is 7.28. The van der Waals surface area contributed by atoms with Crippen molar-refractivity contribution in [1.29, 1.82) is 0 Å². The minimum Gasteiger partial charge on any atom is -0.493 e. The highest BCUT2D eigenvalue weighted by Gasteiger charge is 2.12. The van der Waals surface area contributed by atoms with Gasteiger partial charge >= 0.3 is 0 Å². The van der Waals surface area contributed by atoms with E-state index in [0.717, 1.165) is 30.0 Å². The summed E-state index contributed by atoms with van der Waals surface area (Å²) in [6.07, 6.45) is 1.39. The molecule has 0 bridgehead atoms. The molecule has 20 heavy (non-hydrogen) atoms. The first-order valence-electron chi connectivity index (χ1n) is 6.97. The third-order valence-corrected chi connectivity index (χ3v) is 3.50. The van der Waals surface area contributed by atoms with E-state index in [-0.39, 0.29) is 5.78 Å². The maximum atomic E-state index is 11.0. The maximum absolute atomic E-state index is 11.0. The molecule has 3 nitrogen and oxygen atoms in total. The van der Waals surface area contributed by atoms with Gasteiger partial charge in [0.2, 0.25) is 0 Å². The molecule has 1 heterocycles. The lowest BCUT2D eigenvalue weighted by Gasteiger charge is -2.09. The number of Topliss-reactive ketones (excluding diaryl/α,β-unsaturated/α-hetero) is 1. The molecule has 1 aliphatic rings. The number of carbonyl (C=O) groups excluding carboxylic acids is 1. The first-order valence-corrected chi connectivity index (χ1v) is 6.97. The van der Waals surface area contributed by atoms with Crippen LogP contribution in [0.15, 0.2) is 40.4 Å². The Morgan fingerprint density at radius 1 is 1.25 bits per heavy atom. The molecule has 0 saturated carbocycles. The second-order valence-corrected chi connectivity index (χ2v) is 5.28. The SMILES string of the molecule is CC(=O)Cc1ccc(OCCC2=C(C)CN=C2C)cc1. The summed E-state index contributed by atoms with van der Waals surface area (Å²) in [7, 11) is 0. The summed E-state index contributed by atoms with van der Waals surface area (Å²) >= 11 is 0. The van der Waals surface area contributed by atoms with E-state index in [9.17, 15) is 4.79 Å². The van der Waals surface area contributed by atoms with Crippen LogP contribution in [0.5, 0.6) is 5.75 Å². The highest BCUT2D eigenvalue weighted by atomic mass is 16.5. The molecule has 1 aliphatic heterocycles. The van der Waals surface area contributed by atoms with Crippen molar-refractivity contribution < 1.29 is 9.53 Å². The van der Waals surface area contributed by atoms with Gasteiger partial charge in [0.1, 0.15) is 11.5 Å². The first-order chi connectivity index (χ1) is 9.56. The molecule has 1 aromatic rings. The molecule has 0 spiro atoms. The van der Waals surface area contributed by atoms with E-state index >= 15 is 0 Å². The molecule has 2 rings (SSSR count). The molecule has 106 valence electrons. The molecule has 0 atom stereocenters. The van der Waals surface area contributed by atoms with Crippen molar-refractivity contribution in [3.63, 3.8) is 0 Å². The average Bonchev–Trinajstić information content (AvgIpc) is 2.72. The van der Waals surface area contributed by atoms with E-state index < -0.39 is 0 Å². The quantitative estimate of drug-likeness (QED) is 0.795. The molecule has 0 fully saturated rings. The summed E-state index contributed by atoms with van der Waals surface area (Å²) in [4.78, 5) is 15.4. The number of hydrogen-bond donors (Lipinski definition) is 0. The number of nitrogens with zero attached hydrogens (tertiary/aromatic N) is 1. The van der Waals surface area contributed by atoms with E-state index in [4.69, 9.17) is 4.74 Å². The van der Waals surface area contributed by atoms with Crippen molar-refractivity contribution in [3.8, 4) is 5.75 Å². The van der Waals surface area contributed by atoms with Crippen molar-refractivity contribution in [2.75, 3.05) is 13.2 Å². The van der Waals surface area contributed by atoms with Gasteiger partial charge in [-0.15, -0.1) is 0 Å². The van der Waals surface area contributed by atoms with Gasteiger partial charge in [0.25, 0.3) is 0 Å². The lowest BCUT2D eigenvalue weighted by molar-refractivity contribution is -0.116. The second kappa shape index (κ2) is 6.51. The number of hydrogen-bond acceptors (Lipinski definition) is 3. The van der Waals surface area contributed by atoms with Gasteiger partial charge < -0.3 is 4.74 Å². The van der Waals surface area contributed by atoms with Crippen LogP contribution in [0.2, 0.25) is 0 Å². The zero-order chi connectivity index (χ0) is 14.5. The Labute approximate surface area is 120 Å². The van der Waals surface area contributed by atoms with E-state index in [1.807, 2.05) is 24.3 Å². The zero-order valence-corrected chi connectivity index (χ0v) is 12.4. The van der Waals surface area contributed by atoms with Crippen LogP contribution in [0, 0.1) is 0 Å². The van der Waals surface area contributed by atoms with Gasteiger partial charge in [-0.05, 0) is 49.6 Å². The number of ether oxygens (including phenoxy) is 1. The molecule has 0 radical (unpaired) electrons. The van der Waals surface area contributed by atoms with Crippen LogP contribution in [0.1, 0.15) is 32.8 Å². The van der Waals surface area contributed by atoms with Gasteiger partial charge in [-0.25, -0.2) is 0 Å². The Morgan fingerprint density at radius 2 is 1.95 bits per heavy atom. The van der Waals surface area contributed by atoms with Crippen LogP contribution in [0.4, 0.5) is 0 Å². The molecule has 1 aromatic carbocycles. The van der Waals surface area contributed by atoms with Crippen molar-refractivity contribution in [3.05, 3.63) is 41.0 Å². The predicted molar refractivity (Wildman–Crippen MR) is 81.6 cm³/mol. The summed E-state index contributed by atoms with van der Waals surface area (Å²) in [5, 5.41) is 0. The first kappa shape index (κ1) is 14.5. The summed E-state index contributed by atoms with van der Waals surface area (Å²) < 4.78 is 5.75. The van der Waals surface area contributed by atoms with Crippen LogP contribution < -0.4 is 4.74 Å². The maximum Gasteiger partial charge on any atom is 0.134 e. The number of carbonyl (C=O) groups is 1.